The van der Waals surface area contributed by atoms with Gasteiger partial charge in [-0.2, -0.15) is 11.8 Å². The van der Waals surface area contributed by atoms with Crippen molar-refractivity contribution < 1.29 is 0 Å². The van der Waals surface area contributed by atoms with Gasteiger partial charge in [-0.05, 0) is 49.5 Å². The second-order valence-corrected chi connectivity index (χ2v) is 7.22. The number of hydrogen-bond acceptors (Lipinski definition) is 3. The highest BCUT2D eigenvalue weighted by Crippen LogP contribution is 2.37. The monoisotopic (exact) mass is 241 g/mol. The maximum absolute atomic E-state index is 3.60. The molecule has 1 aromatic heterocycles. The molecule has 15 heavy (non-hydrogen) atoms. The van der Waals surface area contributed by atoms with Crippen LogP contribution in [0.1, 0.15) is 30.2 Å². The minimum atomic E-state index is 0.491. The fraction of sp³-hybridized carbons (Fsp3) is 0.667. The summed E-state index contributed by atoms with van der Waals surface area (Å²) in [5.41, 5.74) is 1.43. The zero-order chi connectivity index (χ0) is 10.7. The molecule has 1 aliphatic heterocycles. The van der Waals surface area contributed by atoms with E-state index in [2.05, 4.69) is 42.4 Å². The lowest BCUT2D eigenvalue weighted by atomic mass is 10.1. The lowest BCUT2D eigenvalue weighted by Crippen LogP contribution is -2.32. The molecule has 2 rings (SSSR count). The van der Waals surface area contributed by atoms with E-state index in [0.717, 1.165) is 13.1 Å². The Kier molecular flexibility index (Phi) is 3.75. The van der Waals surface area contributed by atoms with Gasteiger partial charge in [0.2, 0.25) is 0 Å². The van der Waals surface area contributed by atoms with E-state index in [-0.39, 0.29) is 0 Å². The molecule has 2 heterocycles. The Morgan fingerprint density at radius 1 is 1.53 bits per heavy atom. The van der Waals surface area contributed by atoms with E-state index in [1.165, 1.54) is 29.0 Å². The fourth-order valence-electron chi connectivity index (χ4n) is 2.00. The summed E-state index contributed by atoms with van der Waals surface area (Å²) >= 11 is 3.99. The van der Waals surface area contributed by atoms with E-state index in [4.69, 9.17) is 0 Å². The van der Waals surface area contributed by atoms with Gasteiger partial charge in [0.15, 0.2) is 0 Å². The maximum atomic E-state index is 3.60. The molecule has 1 fully saturated rings. The third-order valence-electron chi connectivity index (χ3n) is 3.05. The van der Waals surface area contributed by atoms with Crippen LogP contribution in [0, 0.1) is 6.92 Å². The van der Waals surface area contributed by atoms with Crippen LogP contribution in [-0.2, 0) is 6.54 Å². The van der Waals surface area contributed by atoms with Crippen LogP contribution in [0.2, 0.25) is 0 Å². The highest BCUT2D eigenvalue weighted by Gasteiger charge is 2.28. The zero-order valence-electron chi connectivity index (χ0n) is 9.51. The SMILES string of the molecule is Cc1ccsc1CNCC1(C)CCCS1. The van der Waals surface area contributed by atoms with Crippen molar-refractivity contribution in [1.29, 1.82) is 0 Å². The Bertz CT molecular complexity index is 313. The summed E-state index contributed by atoms with van der Waals surface area (Å²) < 4.78 is 0.491. The number of hydrogen-bond donors (Lipinski definition) is 1. The summed E-state index contributed by atoms with van der Waals surface area (Å²) in [6, 6.07) is 2.20. The molecule has 0 aromatic carbocycles. The molecule has 1 aliphatic rings. The van der Waals surface area contributed by atoms with E-state index in [0.29, 0.717) is 4.75 Å². The van der Waals surface area contributed by atoms with Crippen molar-refractivity contribution >= 4 is 23.1 Å². The normalized spacial score (nSPS) is 26.0. The van der Waals surface area contributed by atoms with Gasteiger partial charge in [0.25, 0.3) is 0 Å². The predicted molar refractivity (Wildman–Crippen MR) is 70.9 cm³/mol. The molecule has 1 saturated heterocycles. The first kappa shape index (κ1) is 11.5. The lowest BCUT2D eigenvalue weighted by molar-refractivity contribution is 0.538. The summed E-state index contributed by atoms with van der Waals surface area (Å²) in [6.45, 7) is 6.77. The molecular formula is C12H19NS2. The fourth-order valence-corrected chi connectivity index (χ4v) is 4.15. The number of aryl methyl sites for hydroxylation is 1. The second-order valence-electron chi connectivity index (χ2n) is 4.53. The molecule has 0 radical (unpaired) electrons. The summed E-state index contributed by atoms with van der Waals surface area (Å²) in [5.74, 6) is 1.34. The average Bonchev–Trinajstić information content (AvgIpc) is 2.78. The first-order valence-electron chi connectivity index (χ1n) is 5.57. The molecule has 0 saturated carbocycles. The molecule has 1 unspecified atom stereocenters. The van der Waals surface area contributed by atoms with Crippen LogP contribution >= 0.6 is 23.1 Å². The van der Waals surface area contributed by atoms with E-state index in [1.807, 2.05) is 11.3 Å². The van der Waals surface area contributed by atoms with Crippen LogP contribution in [0.25, 0.3) is 0 Å². The van der Waals surface area contributed by atoms with Crippen molar-refractivity contribution in [1.82, 2.24) is 5.32 Å². The van der Waals surface area contributed by atoms with Crippen molar-refractivity contribution in [2.75, 3.05) is 12.3 Å². The molecule has 1 nitrogen and oxygen atoms in total. The predicted octanol–water partition coefficient (Wildman–Crippen LogP) is 3.43. The minimum Gasteiger partial charge on any atom is -0.310 e. The molecular weight excluding hydrogens is 222 g/mol. The van der Waals surface area contributed by atoms with Crippen molar-refractivity contribution in [3.8, 4) is 0 Å². The molecule has 3 heteroatoms. The van der Waals surface area contributed by atoms with E-state index in [1.54, 1.807) is 0 Å². The van der Waals surface area contributed by atoms with E-state index in [9.17, 15) is 0 Å². The summed E-state index contributed by atoms with van der Waals surface area (Å²) in [5, 5.41) is 5.78. The van der Waals surface area contributed by atoms with Crippen LogP contribution in [0.5, 0.6) is 0 Å². The van der Waals surface area contributed by atoms with Crippen molar-refractivity contribution in [3.05, 3.63) is 21.9 Å². The van der Waals surface area contributed by atoms with Crippen LogP contribution in [0.4, 0.5) is 0 Å². The van der Waals surface area contributed by atoms with E-state index >= 15 is 0 Å². The van der Waals surface area contributed by atoms with Gasteiger partial charge >= 0.3 is 0 Å². The maximum Gasteiger partial charge on any atom is 0.0302 e. The Labute approximate surface area is 101 Å². The van der Waals surface area contributed by atoms with Crippen LogP contribution in [-0.4, -0.2) is 17.0 Å². The summed E-state index contributed by atoms with van der Waals surface area (Å²) in [7, 11) is 0. The molecule has 1 aromatic rings. The zero-order valence-corrected chi connectivity index (χ0v) is 11.1. The molecule has 0 bridgehead atoms. The Morgan fingerprint density at radius 2 is 2.40 bits per heavy atom. The van der Waals surface area contributed by atoms with Gasteiger partial charge in [-0.15, -0.1) is 11.3 Å². The van der Waals surface area contributed by atoms with E-state index < -0.39 is 0 Å². The van der Waals surface area contributed by atoms with Gasteiger partial charge < -0.3 is 5.32 Å². The molecule has 1 N–H and O–H groups in total. The first-order valence-corrected chi connectivity index (χ1v) is 7.44. The third kappa shape index (κ3) is 2.99. The van der Waals surface area contributed by atoms with Gasteiger partial charge in [-0.25, -0.2) is 0 Å². The average molecular weight is 241 g/mol. The van der Waals surface area contributed by atoms with Crippen molar-refractivity contribution in [2.24, 2.45) is 0 Å². The Hall–Kier alpha value is 0.01000. The largest absolute Gasteiger partial charge is 0.310 e. The van der Waals surface area contributed by atoms with Gasteiger partial charge in [0.05, 0.1) is 0 Å². The lowest BCUT2D eigenvalue weighted by Gasteiger charge is -2.22. The standard InChI is InChI=1S/C12H19NS2/c1-10-4-7-14-11(10)8-13-9-12(2)5-3-6-15-12/h4,7,13H,3,5-6,8-9H2,1-2H3. The topological polar surface area (TPSA) is 12.0 Å². The number of thioether (sulfide) groups is 1. The van der Waals surface area contributed by atoms with Crippen molar-refractivity contribution in [2.45, 2.75) is 38.0 Å². The third-order valence-corrected chi connectivity index (χ3v) is 5.61. The molecule has 0 spiro atoms. The van der Waals surface area contributed by atoms with Crippen LogP contribution in [0.15, 0.2) is 11.4 Å². The second kappa shape index (κ2) is 4.89. The highest BCUT2D eigenvalue weighted by atomic mass is 32.2. The Balaban J connectivity index is 1.77. The molecule has 0 aliphatic carbocycles. The summed E-state index contributed by atoms with van der Waals surface area (Å²) in [6.07, 6.45) is 2.76. The quantitative estimate of drug-likeness (QED) is 0.867. The first-order chi connectivity index (χ1) is 7.20. The number of thiophene rings is 1. The van der Waals surface area contributed by atoms with Gasteiger partial charge in [-0.3, -0.25) is 0 Å². The van der Waals surface area contributed by atoms with Gasteiger partial charge in [0.1, 0.15) is 0 Å². The highest BCUT2D eigenvalue weighted by molar-refractivity contribution is 8.00. The van der Waals surface area contributed by atoms with Crippen LogP contribution in [0.3, 0.4) is 0 Å². The van der Waals surface area contributed by atoms with Crippen LogP contribution < -0.4 is 5.32 Å². The number of rotatable bonds is 4. The van der Waals surface area contributed by atoms with Gasteiger partial charge in [-0.1, -0.05) is 0 Å². The molecule has 1 atom stereocenters. The van der Waals surface area contributed by atoms with Gasteiger partial charge in [0, 0.05) is 22.7 Å². The summed E-state index contributed by atoms with van der Waals surface area (Å²) in [4.78, 5) is 1.49. The molecule has 84 valence electrons. The smallest absolute Gasteiger partial charge is 0.0302 e. The number of nitrogens with one attached hydrogen (secondary N) is 1. The Morgan fingerprint density at radius 3 is 3.00 bits per heavy atom. The van der Waals surface area contributed by atoms with Crippen molar-refractivity contribution in [3.63, 3.8) is 0 Å². The molecule has 0 amide bonds. The minimum absolute atomic E-state index is 0.491.